The standard InChI is InChI=1S/C23H28N2O2/c1-23(2,3)15-10-11-18-17(13-15)20(25-12-6-9-22(25)27)14-19(24-18)16-7-4-5-8-21(16)26/h4-5,7-8,10-11,13,19-20,24,26H,6,9,12,14H2,1-3H3. The molecule has 0 saturated carbocycles. The first-order valence-corrected chi connectivity index (χ1v) is 9.83. The van der Waals surface area contributed by atoms with E-state index in [0.717, 1.165) is 30.6 Å². The Bertz CT molecular complexity index is 869. The van der Waals surface area contributed by atoms with E-state index in [9.17, 15) is 9.90 Å². The zero-order chi connectivity index (χ0) is 19.2. The van der Waals surface area contributed by atoms with E-state index in [1.165, 1.54) is 11.1 Å². The topological polar surface area (TPSA) is 52.6 Å². The number of amides is 1. The average Bonchev–Trinajstić information content (AvgIpc) is 3.06. The predicted molar refractivity (Wildman–Crippen MR) is 108 cm³/mol. The van der Waals surface area contributed by atoms with Gasteiger partial charge >= 0.3 is 0 Å². The van der Waals surface area contributed by atoms with Gasteiger partial charge in [-0.3, -0.25) is 4.79 Å². The molecule has 2 unspecified atom stereocenters. The van der Waals surface area contributed by atoms with Crippen molar-refractivity contribution in [2.75, 3.05) is 11.9 Å². The van der Waals surface area contributed by atoms with Crippen molar-refractivity contribution < 1.29 is 9.90 Å². The van der Waals surface area contributed by atoms with Crippen LogP contribution < -0.4 is 5.32 Å². The number of carbonyl (C=O) groups excluding carboxylic acids is 1. The third kappa shape index (κ3) is 3.29. The van der Waals surface area contributed by atoms with Crippen LogP contribution in [0.2, 0.25) is 0 Å². The largest absolute Gasteiger partial charge is 0.508 e. The van der Waals surface area contributed by atoms with Crippen molar-refractivity contribution in [1.82, 2.24) is 4.90 Å². The molecule has 2 atom stereocenters. The quantitative estimate of drug-likeness (QED) is 0.796. The molecular weight excluding hydrogens is 336 g/mol. The minimum absolute atomic E-state index is 0.0161. The Labute approximate surface area is 161 Å². The van der Waals surface area contributed by atoms with Crippen LogP contribution in [0.4, 0.5) is 5.69 Å². The molecule has 2 aromatic rings. The molecule has 2 aliphatic heterocycles. The van der Waals surface area contributed by atoms with Gasteiger partial charge in [0, 0.05) is 24.2 Å². The fraction of sp³-hybridized carbons (Fsp3) is 0.435. The summed E-state index contributed by atoms with van der Waals surface area (Å²) in [5, 5.41) is 13.9. The number of carbonyl (C=O) groups is 1. The molecule has 1 saturated heterocycles. The third-order valence-corrected chi connectivity index (χ3v) is 5.86. The lowest BCUT2D eigenvalue weighted by atomic mass is 9.82. The Morgan fingerprint density at radius 2 is 1.89 bits per heavy atom. The first-order valence-electron chi connectivity index (χ1n) is 9.83. The van der Waals surface area contributed by atoms with Gasteiger partial charge in [-0.2, -0.15) is 0 Å². The Balaban J connectivity index is 1.78. The Kier molecular flexibility index (Phi) is 4.37. The number of fused-ring (bicyclic) bond motifs is 1. The monoisotopic (exact) mass is 364 g/mol. The number of aromatic hydroxyl groups is 1. The lowest BCUT2D eigenvalue weighted by Crippen LogP contribution is -2.35. The molecule has 27 heavy (non-hydrogen) atoms. The summed E-state index contributed by atoms with van der Waals surface area (Å²) < 4.78 is 0. The van der Waals surface area contributed by atoms with Crippen LogP contribution in [0.3, 0.4) is 0 Å². The van der Waals surface area contributed by atoms with Gasteiger partial charge in [-0.05, 0) is 41.5 Å². The van der Waals surface area contributed by atoms with E-state index in [0.29, 0.717) is 12.2 Å². The summed E-state index contributed by atoms with van der Waals surface area (Å²) in [5.74, 6) is 0.543. The second-order valence-corrected chi connectivity index (χ2v) is 8.75. The van der Waals surface area contributed by atoms with Crippen LogP contribution in [0.1, 0.15) is 68.8 Å². The molecule has 4 nitrogen and oxygen atoms in total. The minimum atomic E-state index is -0.0161. The van der Waals surface area contributed by atoms with E-state index in [1.54, 1.807) is 6.07 Å². The van der Waals surface area contributed by atoms with Crippen LogP contribution in [-0.4, -0.2) is 22.5 Å². The summed E-state index contributed by atoms with van der Waals surface area (Å²) in [6, 6.07) is 14.1. The van der Waals surface area contributed by atoms with E-state index in [-0.39, 0.29) is 23.4 Å². The summed E-state index contributed by atoms with van der Waals surface area (Å²) in [6.45, 7) is 7.46. The van der Waals surface area contributed by atoms with E-state index < -0.39 is 0 Å². The number of likely N-dealkylation sites (tertiary alicyclic amines) is 1. The normalized spacial score (nSPS) is 22.5. The molecular formula is C23H28N2O2. The molecule has 2 aromatic carbocycles. The van der Waals surface area contributed by atoms with Crippen LogP contribution >= 0.6 is 0 Å². The molecule has 1 amide bonds. The van der Waals surface area contributed by atoms with Gasteiger partial charge in [0.15, 0.2) is 0 Å². The molecule has 2 aliphatic rings. The van der Waals surface area contributed by atoms with Crippen molar-refractivity contribution >= 4 is 11.6 Å². The number of hydrogen-bond acceptors (Lipinski definition) is 3. The van der Waals surface area contributed by atoms with Crippen LogP contribution in [0.25, 0.3) is 0 Å². The van der Waals surface area contributed by atoms with Crippen molar-refractivity contribution in [3.05, 3.63) is 59.2 Å². The number of phenols is 1. The number of anilines is 1. The van der Waals surface area contributed by atoms with Gasteiger partial charge in [-0.1, -0.05) is 51.1 Å². The maximum absolute atomic E-state index is 12.5. The van der Waals surface area contributed by atoms with Crippen molar-refractivity contribution in [2.45, 2.75) is 57.5 Å². The number of hydrogen-bond donors (Lipinski definition) is 2. The number of nitrogens with one attached hydrogen (secondary N) is 1. The van der Waals surface area contributed by atoms with Gasteiger partial charge in [0.1, 0.15) is 5.75 Å². The summed E-state index contributed by atoms with van der Waals surface area (Å²) >= 11 is 0. The van der Waals surface area contributed by atoms with E-state index in [1.807, 2.05) is 23.1 Å². The van der Waals surface area contributed by atoms with Gasteiger partial charge in [-0.25, -0.2) is 0 Å². The number of nitrogens with zero attached hydrogens (tertiary/aromatic N) is 1. The molecule has 2 heterocycles. The highest BCUT2D eigenvalue weighted by molar-refractivity contribution is 5.79. The summed E-state index contributed by atoms with van der Waals surface area (Å²) in [5.41, 5.74) is 4.49. The van der Waals surface area contributed by atoms with Gasteiger partial charge in [0.05, 0.1) is 12.1 Å². The van der Waals surface area contributed by atoms with Gasteiger partial charge in [0.25, 0.3) is 0 Å². The molecule has 0 spiro atoms. The van der Waals surface area contributed by atoms with Crippen LogP contribution in [-0.2, 0) is 10.2 Å². The van der Waals surface area contributed by atoms with Crippen LogP contribution in [0.5, 0.6) is 5.75 Å². The minimum Gasteiger partial charge on any atom is -0.508 e. The third-order valence-electron chi connectivity index (χ3n) is 5.86. The summed E-state index contributed by atoms with van der Waals surface area (Å²) in [4.78, 5) is 14.6. The van der Waals surface area contributed by atoms with Crippen LogP contribution in [0.15, 0.2) is 42.5 Å². The molecule has 0 aliphatic carbocycles. The van der Waals surface area contributed by atoms with Gasteiger partial charge in [0.2, 0.25) is 5.91 Å². The molecule has 2 N–H and O–H groups in total. The van der Waals surface area contributed by atoms with Crippen LogP contribution in [0, 0.1) is 0 Å². The SMILES string of the molecule is CC(C)(C)c1ccc2c(c1)C(N1CCCC1=O)CC(c1ccccc1O)N2. The summed E-state index contributed by atoms with van der Waals surface area (Å²) in [6.07, 6.45) is 2.34. The lowest BCUT2D eigenvalue weighted by molar-refractivity contribution is -0.130. The molecule has 0 aromatic heterocycles. The highest BCUT2D eigenvalue weighted by atomic mass is 16.3. The Morgan fingerprint density at radius 3 is 2.56 bits per heavy atom. The first kappa shape index (κ1) is 17.9. The van der Waals surface area contributed by atoms with Crippen molar-refractivity contribution in [3.63, 3.8) is 0 Å². The fourth-order valence-corrected chi connectivity index (χ4v) is 4.31. The second kappa shape index (κ2) is 6.59. The number of phenolic OH excluding ortho intramolecular Hbond substituents is 1. The number of para-hydroxylation sites is 1. The highest BCUT2D eigenvalue weighted by Crippen LogP contribution is 2.45. The van der Waals surface area contributed by atoms with Gasteiger partial charge in [-0.15, -0.1) is 0 Å². The van der Waals surface area contributed by atoms with E-state index in [2.05, 4.69) is 44.3 Å². The zero-order valence-electron chi connectivity index (χ0n) is 16.3. The molecule has 4 rings (SSSR count). The number of benzene rings is 2. The maximum atomic E-state index is 12.5. The van der Waals surface area contributed by atoms with Crippen molar-refractivity contribution in [1.29, 1.82) is 0 Å². The van der Waals surface area contributed by atoms with Gasteiger partial charge < -0.3 is 15.3 Å². The number of rotatable bonds is 2. The molecule has 142 valence electrons. The molecule has 0 radical (unpaired) electrons. The predicted octanol–water partition coefficient (Wildman–Crippen LogP) is 4.91. The average molecular weight is 364 g/mol. The van der Waals surface area contributed by atoms with E-state index >= 15 is 0 Å². The highest BCUT2D eigenvalue weighted by Gasteiger charge is 2.37. The fourth-order valence-electron chi connectivity index (χ4n) is 4.31. The molecule has 1 fully saturated rings. The smallest absolute Gasteiger partial charge is 0.223 e. The Morgan fingerprint density at radius 1 is 1.11 bits per heavy atom. The maximum Gasteiger partial charge on any atom is 0.223 e. The van der Waals surface area contributed by atoms with E-state index in [4.69, 9.17) is 0 Å². The molecule has 4 heteroatoms. The van der Waals surface area contributed by atoms with Crippen molar-refractivity contribution in [2.24, 2.45) is 0 Å². The lowest BCUT2D eigenvalue weighted by Gasteiger charge is -2.39. The second-order valence-electron chi connectivity index (χ2n) is 8.75. The Hall–Kier alpha value is -2.49. The first-order chi connectivity index (χ1) is 12.8. The van der Waals surface area contributed by atoms with Crippen molar-refractivity contribution in [3.8, 4) is 5.75 Å². The summed E-state index contributed by atoms with van der Waals surface area (Å²) in [7, 11) is 0. The molecule has 0 bridgehead atoms. The zero-order valence-corrected chi connectivity index (χ0v) is 16.3.